The third-order valence-corrected chi connectivity index (χ3v) is 5.75. The van der Waals surface area contributed by atoms with E-state index in [1.54, 1.807) is 18.3 Å². The van der Waals surface area contributed by atoms with E-state index in [1.807, 2.05) is 36.4 Å². The topological polar surface area (TPSA) is 85.8 Å². The van der Waals surface area contributed by atoms with E-state index in [2.05, 4.69) is 4.98 Å². The molecule has 170 valence electrons. The summed E-state index contributed by atoms with van der Waals surface area (Å²) in [6.45, 7) is 1.37. The average Bonchev–Trinajstić information content (AvgIpc) is 3.19. The molecule has 0 bridgehead atoms. The van der Waals surface area contributed by atoms with Crippen molar-refractivity contribution < 1.29 is 23.9 Å². The lowest BCUT2D eigenvalue weighted by Gasteiger charge is -2.22. The number of carbonyl (C=O) groups is 3. The Morgan fingerprint density at radius 2 is 1.76 bits per heavy atom. The highest BCUT2D eigenvalue weighted by Gasteiger charge is 2.34. The maximum atomic E-state index is 12.8. The molecule has 7 nitrogen and oxygen atoms in total. The van der Waals surface area contributed by atoms with Crippen LogP contribution in [0.25, 0.3) is 10.9 Å². The summed E-state index contributed by atoms with van der Waals surface area (Å²) in [6.07, 6.45) is 5.42. The van der Waals surface area contributed by atoms with Crippen molar-refractivity contribution in [3.63, 3.8) is 0 Å². The monoisotopic (exact) mass is 446 g/mol. The number of unbranched alkanes of at least 4 members (excludes halogenated alkanes) is 1. The van der Waals surface area contributed by atoms with Gasteiger partial charge in [0.1, 0.15) is 24.1 Å². The molecular formula is C26H26N2O5. The summed E-state index contributed by atoms with van der Waals surface area (Å²) in [5, 5.41) is 0.993. The van der Waals surface area contributed by atoms with Crippen molar-refractivity contribution in [2.75, 3.05) is 13.2 Å². The van der Waals surface area contributed by atoms with Crippen LogP contribution < -0.4 is 9.47 Å². The number of pyridine rings is 1. The molecule has 2 heterocycles. The molecule has 0 radical (unpaired) electrons. The van der Waals surface area contributed by atoms with Crippen molar-refractivity contribution >= 4 is 29.4 Å². The van der Waals surface area contributed by atoms with Crippen molar-refractivity contribution in [3.05, 3.63) is 65.9 Å². The lowest BCUT2D eigenvalue weighted by Crippen LogP contribution is -2.36. The predicted molar refractivity (Wildman–Crippen MR) is 123 cm³/mol. The Labute approximate surface area is 192 Å². The van der Waals surface area contributed by atoms with Gasteiger partial charge in [-0.15, -0.1) is 0 Å². The maximum absolute atomic E-state index is 12.8. The number of rotatable bonds is 12. The van der Waals surface area contributed by atoms with E-state index in [4.69, 9.17) is 9.47 Å². The summed E-state index contributed by atoms with van der Waals surface area (Å²) in [7, 11) is 0. The largest absolute Gasteiger partial charge is 0.493 e. The number of ether oxygens (including phenoxy) is 2. The van der Waals surface area contributed by atoms with Gasteiger partial charge in [-0.1, -0.05) is 18.2 Å². The first-order chi connectivity index (χ1) is 16.2. The van der Waals surface area contributed by atoms with E-state index in [0.29, 0.717) is 37.5 Å². The molecule has 2 aromatic carbocycles. The highest BCUT2D eigenvalue weighted by molar-refractivity contribution is 6.00. The zero-order valence-corrected chi connectivity index (χ0v) is 18.3. The molecule has 4 rings (SSSR count). The number of aromatic nitrogens is 1. The van der Waals surface area contributed by atoms with Crippen LogP contribution in [0.3, 0.4) is 0 Å². The zero-order valence-electron chi connectivity index (χ0n) is 18.3. The van der Waals surface area contributed by atoms with Crippen LogP contribution in [0.5, 0.6) is 11.5 Å². The van der Waals surface area contributed by atoms with E-state index in [9.17, 15) is 14.4 Å². The number of fused-ring (bicyclic) bond motifs is 2. The third-order valence-electron chi connectivity index (χ3n) is 5.75. The summed E-state index contributed by atoms with van der Waals surface area (Å²) in [4.78, 5) is 40.8. The Balaban J connectivity index is 1.29. The van der Waals surface area contributed by atoms with Crippen LogP contribution in [0.2, 0.25) is 0 Å². The van der Waals surface area contributed by atoms with Gasteiger partial charge >= 0.3 is 0 Å². The normalized spacial score (nSPS) is 13.6. The molecule has 0 saturated carbocycles. The molecule has 3 aromatic rings. The first kappa shape index (κ1) is 22.5. The van der Waals surface area contributed by atoms with Gasteiger partial charge in [0.25, 0.3) is 5.91 Å². The van der Waals surface area contributed by atoms with Crippen LogP contribution in [-0.2, 0) is 16.1 Å². The zero-order chi connectivity index (χ0) is 23.0. The van der Waals surface area contributed by atoms with Crippen LogP contribution in [-0.4, -0.2) is 47.6 Å². The van der Waals surface area contributed by atoms with Gasteiger partial charge in [-0.05, 0) is 49.6 Å². The van der Waals surface area contributed by atoms with Gasteiger partial charge in [0.05, 0.1) is 31.3 Å². The summed E-state index contributed by atoms with van der Waals surface area (Å²) >= 11 is 0. The fraction of sp³-hybridized carbons (Fsp3) is 0.308. The number of hydrogen-bond donors (Lipinski definition) is 0. The number of aldehydes is 2. The molecule has 0 N–H and O–H groups in total. The van der Waals surface area contributed by atoms with Gasteiger partial charge in [0.2, 0.25) is 0 Å². The Morgan fingerprint density at radius 1 is 0.970 bits per heavy atom. The number of nitrogens with zero attached hydrogens (tertiary/aromatic N) is 2. The molecule has 1 aliphatic heterocycles. The first-order valence-corrected chi connectivity index (χ1v) is 11.1. The van der Waals surface area contributed by atoms with E-state index in [1.165, 1.54) is 4.90 Å². The third kappa shape index (κ3) is 5.03. The van der Waals surface area contributed by atoms with Gasteiger partial charge in [0, 0.05) is 29.1 Å². The highest BCUT2D eigenvalue weighted by Crippen LogP contribution is 2.32. The van der Waals surface area contributed by atoms with E-state index >= 15 is 0 Å². The Hall–Kier alpha value is -3.74. The van der Waals surface area contributed by atoms with Gasteiger partial charge in [0.15, 0.2) is 0 Å². The minimum Gasteiger partial charge on any atom is -0.493 e. The van der Waals surface area contributed by atoms with Crippen molar-refractivity contribution in [1.29, 1.82) is 0 Å². The average molecular weight is 447 g/mol. The van der Waals surface area contributed by atoms with Gasteiger partial charge in [-0.25, -0.2) is 0 Å². The molecular weight excluding hydrogens is 420 g/mol. The Bertz CT molecular complexity index is 1140. The minimum absolute atomic E-state index is 0.198. The maximum Gasteiger partial charge on any atom is 0.255 e. The molecule has 1 atom stereocenters. The first-order valence-electron chi connectivity index (χ1n) is 11.1. The van der Waals surface area contributed by atoms with Crippen LogP contribution in [0, 0.1) is 0 Å². The highest BCUT2D eigenvalue weighted by atomic mass is 16.5. The van der Waals surface area contributed by atoms with Crippen LogP contribution in [0.4, 0.5) is 0 Å². The van der Waals surface area contributed by atoms with Crippen LogP contribution in [0.1, 0.15) is 41.6 Å². The molecule has 7 heteroatoms. The standard InChI is InChI=1S/C26H26N2O5/c29-14-6-7-19(18-30)28-17-22-20(26(28)31)9-5-11-24(22)32-15-3-4-16-33-25-12-13-27-23-10-2-1-8-21(23)25/h1-2,5,8-14,18-19H,3-4,6-7,15-17H2. The molecule has 0 spiro atoms. The van der Waals surface area contributed by atoms with Crippen molar-refractivity contribution in [1.82, 2.24) is 9.88 Å². The summed E-state index contributed by atoms with van der Waals surface area (Å²) in [6, 6.07) is 14.5. The minimum atomic E-state index is -0.607. The summed E-state index contributed by atoms with van der Waals surface area (Å²) < 4.78 is 11.9. The molecule has 1 aromatic heterocycles. The number of para-hydroxylation sites is 1. The number of benzene rings is 2. The predicted octanol–water partition coefficient (Wildman–Crippen LogP) is 3.98. The summed E-state index contributed by atoms with van der Waals surface area (Å²) in [5.41, 5.74) is 2.25. The molecule has 0 aliphatic carbocycles. The molecule has 1 amide bonds. The Kier molecular flexibility index (Phi) is 7.29. The molecule has 1 aliphatic rings. The lowest BCUT2D eigenvalue weighted by atomic mass is 10.1. The number of amides is 1. The van der Waals surface area contributed by atoms with Gasteiger partial charge in [-0.2, -0.15) is 0 Å². The number of carbonyl (C=O) groups excluding carboxylic acids is 3. The van der Waals surface area contributed by atoms with Crippen molar-refractivity contribution in [3.8, 4) is 11.5 Å². The van der Waals surface area contributed by atoms with E-state index < -0.39 is 6.04 Å². The Morgan fingerprint density at radius 3 is 2.55 bits per heavy atom. The number of hydrogen-bond acceptors (Lipinski definition) is 6. The van der Waals surface area contributed by atoms with E-state index in [0.717, 1.165) is 47.6 Å². The summed E-state index contributed by atoms with van der Waals surface area (Å²) in [5.74, 6) is 1.28. The van der Waals surface area contributed by atoms with Gasteiger partial charge in [-0.3, -0.25) is 9.78 Å². The fourth-order valence-electron chi connectivity index (χ4n) is 4.03. The van der Waals surface area contributed by atoms with Crippen molar-refractivity contribution in [2.45, 2.75) is 38.3 Å². The van der Waals surface area contributed by atoms with Crippen LogP contribution >= 0.6 is 0 Å². The fourth-order valence-corrected chi connectivity index (χ4v) is 4.03. The quantitative estimate of drug-likeness (QED) is 0.309. The second kappa shape index (κ2) is 10.7. The molecule has 33 heavy (non-hydrogen) atoms. The second-order valence-electron chi connectivity index (χ2n) is 7.89. The molecule has 0 saturated heterocycles. The lowest BCUT2D eigenvalue weighted by molar-refractivity contribution is -0.112. The van der Waals surface area contributed by atoms with Gasteiger partial charge < -0.3 is 24.0 Å². The second-order valence-corrected chi connectivity index (χ2v) is 7.89. The van der Waals surface area contributed by atoms with Crippen LogP contribution in [0.15, 0.2) is 54.7 Å². The SMILES string of the molecule is O=CCCC(C=O)N1Cc2c(OCCCCOc3ccnc4ccccc34)cccc2C1=O. The molecule has 0 fully saturated rings. The molecule has 1 unspecified atom stereocenters. The smallest absolute Gasteiger partial charge is 0.255 e. The van der Waals surface area contributed by atoms with E-state index in [-0.39, 0.29) is 12.3 Å². The van der Waals surface area contributed by atoms with Crippen molar-refractivity contribution in [2.24, 2.45) is 0 Å².